The Hall–Kier alpha value is -1.38. The lowest BCUT2D eigenvalue weighted by Gasteiger charge is -2.22. The first kappa shape index (κ1) is 16.0. The third-order valence-corrected chi connectivity index (χ3v) is 3.91. The van der Waals surface area contributed by atoms with Gasteiger partial charge in [0, 0.05) is 0 Å². The first-order chi connectivity index (χ1) is 10.0. The van der Waals surface area contributed by atoms with Crippen molar-refractivity contribution in [2.45, 2.75) is 33.2 Å². The average molecular weight is 306 g/mol. The lowest BCUT2D eigenvalue weighted by atomic mass is 9.93. The predicted molar refractivity (Wildman–Crippen MR) is 87.5 cm³/mol. The molecule has 0 bridgehead atoms. The summed E-state index contributed by atoms with van der Waals surface area (Å²) in [5.74, 6) is -0.379. The molecule has 21 heavy (non-hydrogen) atoms. The van der Waals surface area contributed by atoms with E-state index in [-0.39, 0.29) is 16.9 Å². The Balaban J connectivity index is 2.46. The second-order valence-electron chi connectivity index (χ2n) is 5.42. The van der Waals surface area contributed by atoms with Gasteiger partial charge in [-0.1, -0.05) is 48.4 Å². The molecule has 0 aliphatic heterocycles. The second-order valence-corrected chi connectivity index (χ2v) is 5.83. The first-order valence-corrected chi connectivity index (χ1v) is 7.66. The van der Waals surface area contributed by atoms with E-state index in [4.69, 9.17) is 11.6 Å². The third-order valence-electron chi connectivity index (χ3n) is 3.62. The summed E-state index contributed by atoms with van der Waals surface area (Å²) in [4.78, 5) is 0. The molecule has 0 aliphatic rings. The van der Waals surface area contributed by atoms with Crippen LogP contribution in [0, 0.1) is 19.7 Å². The van der Waals surface area contributed by atoms with E-state index in [2.05, 4.69) is 44.3 Å². The predicted octanol–water partition coefficient (Wildman–Crippen LogP) is 5.18. The van der Waals surface area contributed by atoms with Gasteiger partial charge in [-0.2, -0.15) is 0 Å². The number of aryl methyl sites for hydroxylation is 2. The smallest absolute Gasteiger partial charge is 0.141 e. The summed E-state index contributed by atoms with van der Waals surface area (Å²) in [6.45, 7) is 7.20. The van der Waals surface area contributed by atoms with Gasteiger partial charge in [-0.15, -0.1) is 0 Å². The molecule has 0 radical (unpaired) electrons. The van der Waals surface area contributed by atoms with E-state index in [0.29, 0.717) is 0 Å². The van der Waals surface area contributed by atoms with Crippen LogP contribution in [0.5, 0.6) is 0 Å². The summed E-state index contributed by atoms with van der Waals surface area (Å²) in [5, 5.41) is 3.70. The summed E-state index contributed by atoms with van der Waals surface area (Å²) in [5.41, 5.74) is 4.64. The monoisotopic (exact) mass is 305 g/mol. The van der Waals surface area contributed by atoms with Crippen LogP contribution >= 0.6 is 11.6 Å². The van der Waals surface area contributed by atoms with Crippen molar-refractivity contribution in [2.24, 2.45) is 0 Å². The Morgan fingerprint density at radius 1 is 1.14 bits per heavy atom. The molecular weight excluding hydrogens is 285 g/mol. The molecule has 0 aliphatic carbocycles. The van der Waals surface area contributed by atoms with Crippen LogP contribution < -0.4 is 5.32 Å². The zero-order valence-corrected chi connectivity index (χ0v) is 13.5. The topological polar surface area (TPSA) is 12.0 Å². The zero-order chi connectivity index (χ0) is 15.4. The van der Waals surface area contributed by atoms with E-state index < -0.39 is 0 Å². The molecule has 1 nitrogen and oxygen atoms in total. The molecule has 0 spiro atoms. The van der Waals surface area contributed by atoms with Crippen molar-refractivity contribution in [1.82, 2.24) is 5.32 Å². The van der Waals surface area contributed by atoms with Crippen molar-refractivity contribution in [2.75, 3.05) is 6.54 Å². The summed E-state index contributed by atoms with van der Waals surface area (Å²) in [6, 6.07) is 11.4. The zero-order valence-electron chi connectivity index (χ0n) is 12.7. The molecule has 2 rings (SSSR count). The van der Waals surface area contributed by atoms with Gasteiger partial charge >= 0.3 is 0 Å². The van der Waals surface area contributed by atoms with Gasteiger partial charge in [0.2, 0.25) is 0 Å². The maximum Gasteiger partial charge on any atom is 0.141 e. The van der Waals surface area contributed by atoms with Gasteiger partial charge in [-0.25, -0.2) is 4.39 Å². The molecular formula is C18H21ClFN. The highest BCUT2D eigenvalue weighted by atomic mass is 35.5. The number of nitrogens with one attached hydrogen (secondary N) is 1. The van der Waals surface area contributed by atoms with Crippen LogP contribution in [-0.4, -0.2) is 6.54 Å². The minimum absolute atomic E-state index is 0.0305. The van der Waals surface area contributed by atoms with Crippen LogP contribution in [0.15, 0.2) is 36.4 Å². The molecule has 0 saturated heterocycles. The molecule has 2 aromatic carbocycles. The molecule has 1 N–H and O–H groups in total. The van der Waals surface area contributed by atoms with Gasteiger partial charge in [0.05, 0.1) is 11.1 Å². The average Bonchev–Trinajstić information content (AvgIpc) is 2.46. The SMILES string of the molecule is CCCNC(c1ccc(F)c(Cl)c1)c1cc(C)ccc1C. The highest BCUT2D eigenvalue weighted by molar-refractivity contribution is 6.30. The van der Waals surface area contributed by atoms with Gasteiger partial charge in [0.25, 0.3) is 0 Å². The van der Waals surface area contributed by atoms with Crippen LogP contribution in [0.4, 0.5) is 4.39 Å². The fourth-order valence-corrected chi connectivity index (χ4v) is 2.65. The molecule has 0 saturated carbocycles. The molecule has 0 heterocycles. The Morgan fingerprint density at radius 2 is 1.90 bits per heavy atom. The standard InChI is InChI=1S/C18H21ClFN/c1-4-9-21-18(14-7-8-17(20)16(19)11-14)15-10-12(2)5-6-13(15)3/h5-8,10-11,18,21H,4,9H2,1-3H3. The lowest BCUT2D eigenvalue weighted by molar-refractivity contribution is 0.591. The Kier molecular flexibility index (Phi) is 5.38. The highest BCUT2D eigenvalue weighted by Gasteiger charge is 2.17. The van der Waals surface area contributed by atoms with Crippen molar-refractivity contribution >= 4 is 11.6 Å². The number of halogens is 2. The Labute approximate surface area is 131 Å². The maximum absolute atomic E-state index is 13.4. The summed E-state index contributed by atoms with van der Waals surface area (Å²) in [6.07, 6.45) is 1.04. The fraction of sp³-hybridized carbons (Fsp3) is 0.333. The second kappa shape index (κ2) is 7.06. The third kappa shape index (κ3) is 3.84. The summed E-state index contributed by atoms with van der Waals surface area (Å²) in [7, 11) is 0. The van der Waals surface area contributed by atoms with Crippen LogP contribution in [-0.2, 0) is 0 Å². The molecule has 3 heteroatoms. The van der Waals surface area contributed by atoms with E-state index in [1.807, 2.05) is 0 Å². The molecule has 2 aromatic rings. The van der Waals surface area contributed by atoms with Gasteiger partial charge in [-0.3, -0.25) is 0 Å². The molecule has 0 fully saturated rings. The number of hydrogen-bond donors (Lipinski definition) is 1. The number of rotatable bonds is 5. The van der Waals surface area contributed by atoms with Gasteiger partial charge < -0.3 is 5.32 Å². The minimum Gasteiger partial charge on any atom is -0.306 e. The normalized spacial score (nSPS) is 12.4. The maximum atomic E-state index is 13.4. The van der Waals surface area contributed by atoms with E-state index in [1.54, 1.807) is 12.1 Å². The minimum atomic E-state index is -0.379. The molecule has 1 atom stereocenters. The highest BCUT2D eigenvalue weighted by Crippen LogP contribution is 2.28. The van der Waals surface area contributed by atoms with Crippen LogP contribution in [0.25, 0.3) is 0 Å². The Bertz CT molecular complexity index is 625. The van der Waals surface area contributed by atoms with Gasteiger partial charge in [0.1, 0.15) is 5.82 Å². The molecule has 0 aromatic heterocycles. The van der Waals surface area contributed by atoms with Crippen LogP contribution in [0.1, 0.15) is 41.6 Å². The number of hydrogen-bond acceptors (Lipinski definition) is 1. The molecule has 1 unspecified atom stereocenters. The molecule has 112 valence electrons. The van der Waals surface area contributed by atoms with Crippen LogP contribution in [0.3, 0.4) is 0 Å². The van der Waals surface area contributed by atoms with E-state index in [1.165, 1.54) is 22.8 Å². The molecule has 0 amide bonds. The van der Waals surface area contributed by atoms with E-state index in [9.17, 15) is 4.39 Å². The van der Waals surface area contributed by atoms with Crippen molar-refractivity contribution in [1.29, 1.82) is 0 Å². The Morgan fingerprint density at radius 3 is 2.57 bits per heavy atom. The first-order valence-electron chi connectivity index (χ1n) is 7.28. The largest absolute Gasteiger partial charge is 0.306 e. The van der Waals surface area contributed by atoms with Gasteiger partial charge in [0.15, 0.2) is 0 Å². The van der Waals surface area contributed by atoms with Crippen molar-refractivity contribution in [3.05, 3.63) is 69.5 Å². The van der Waals surface area contributed by atoms with E-state index in [0.717, 1.165) is 18.5 Å². The quantitative estimate of drug-likeness (QED) is 0.802. The fourth-order valence-electron chi connectivity index (χ4n) is 2.46. The summed E-state index contributed by atoms with van der Waals surface area (Å²) < 4.78 is 13.4. The van der Waals surface area contributed by atoms with E-state index >= 15 is 0 Å². The summed E-state index contributed by atoms with van der Waals surface area (Å²) >= 11 is 5.95. The lowest BCUT2D eigenvalue weighted by Crippen LogP contribution is -2.24. The van der Waals surface area contributed by atoms with Crippen LogP contribution in [0.2, 0.25) is 5.02 Å². The van der Waals surface area contributed by atoms with Crippen molar-refractivity contribution in [3.8, 4) is 0 Å². The van der Waals surface area contributed by atoms with Crippen molar-refractivity contribution < 1.29 is 4.39 Å². The number of benzene rings is 2. The van der Waals surface area contributed by atoms with Gasteiger partial charge in [-0.05, 0) is 55.6 Å². The van der Waals surface area contributed by atoms with Crippen molar-refractivity contribution in [3.63, 3.8) is 0 Å².